The first-order valence-electron chi connectivity index (χ1n) is 6.18. The van der Waals surface area contributed by atoms with E-state index >= 15 is 0 Å². The monoisotopic (exact) mass is 315 g/mol. The van der Waals surface area contributed by atoms with Crippen LogP contribution in [0, 0.1) is 6.92 Å². The Balaban J connectivity index is 2.38. The fraction of sp³-hybridized carbons (Fsp3) is 0.462. The molecule has 1 heterocycles. The molecule has 110 valence electrons. The molecule has 1 unspecified atom stereocenters. The second-order valence-corrected chi connectivity index (χ2v) is 8.16. The van der Waals surface area contributed by atoms with Crippen molar-refractivity contribution in [2.45, 2.75) is 12.3 Å². The van der Waals surface area contributed by atoms with Gasteiger partial charge in [0.15, 0.2) is 9.84 Å². The number of hydrogen-bond donors (Lipinski definition) is 1. The lowest BCUT2D eigenvalue weighted by Crippen LogP contribution is -2.50. The number of sulfone groups is 1. The highest BCUT2D eigenvalue weighted by Crippen LogP contribution is 2.26. The molecule has 5 nitrogen and oxygen atoms in total. The summed E-state index contributed by atoms with van der Waals surface area (Å²) >= 11 is 1.53. The number of rotatable bonds is 2. The Morgan fingerprint density at radius 3 is 2.80 bits per heavy atom. The minimum absolute atomic E-state index is 0.0399. The molecule has 1 aromatic carbocycles. The lowest BCUT2D eigenvalue weighted by Gasteiger charge is -2.34. The maximum absolute atomic E-state index is 12.6. The largest absolute Gasteiger partial charge is 0.508 e. The SMILES string of the molecule is Cc1c(O)cccc1C(=O)N1CCSCC1S(C)(=O)=O. The van der Waals surface area contributed by atoms with Crippen molar-refractivity contribution in [1.29, 1.82) is 0 Å². The Labute approximate surface area is 122 Å². The van der Waals surface area contributed by atoms with E-state index in [1.54, 1.807) is 19.1 Å². The van der Waals surface area contributed by atoms with E-state index in [1.807, 2.05) is 0 Å². The van der Waals surface area contributed by atoms with Crippen molar-refractivity contribution in [2.75, 3.05) is 24.3 Å². The van der Waals surface area contributed by atoms with Crippen molar-refractivity contribution in [1.82, 2.24) is 4.90 Å². The first-order chi connectivity index (χ1) is 9.32. The molecule has 1 N–H and O–H groups in total. The molecule has 2 rings (SSSR count). The number of hydrogen-bond acceptors (Lipinski definition) is 5. The van der Waals surface area contributed by atoms with Crippen LogP contribution in [-0.4, -0.2) is 54.0 Å². The first-order valence-corrected chi connectivity index (χ1v) is 9.29. The summed E-state index contributed by atoms with van der Waals surface area (Å²) in [7, 11) is -3.33. The van der Waals surface area contributed by atoms with Gasteiger partial charge in [-0.15, -0.1) is 0 Å². The van der Waals surface area contributed by atoms with Gasteiger partial charge < -0.3 is 10.0 Å². The van der Waals surface area contributed by atoms with Gasteiger partial charge in [-0.25, -0.2) is 8.42 Å². The molecule has 1 fully saturated rings. The third-order valence-corrected chi connectivity index (χ3v) is 6.02. The highest BCUT2D eigenvalue weighted by atomic mass is 32.2. The quantitative estimate of drug-likeness (QED) is 0.889. The number of carbonyl (C=O) groups excluding carboxylic acids is 1. The summed E-state index contributed by atoms with van der Waals surface area (Å²) in [6.45, 7) is 2.05. The number of aromatic hydroxyl groups is 1. The Bertz CT molecular complexity index is 627. The molecule has 1 aromatic rings. The van der Waals surface area contributed by atoms with Crippen molar-refractivity contribution < 1.29 is 18.3 Å². The number of phenolic OH excluding ortho intramolecular Hbond substituents is 1. The van der Waals surface area contributed by atoms with Crippen LogP contribution in [0.5, 0.6) is 5.75 Å². The maximum atomic E-state index is 12.6. The molecule has 20 heavy (non-hydrogen) atoms. The second-order valence-electron chi connectivity index (χ2n) is 4.81. The van der Waals surface area contributed by atoms with Crippen LogP contribution in [0.4, 0.5) is 0 Å². The summed E-state index contributed by atoms with van der Waals surface area (Å²) in [6, 6.07) is 4.70. The molecule has 0 aromatic heterocycles. The lowest BCUT2D eigenvalue weighted by molar-refractivity contribution is 0.0748. The average Bonchev–Trinajstić information content (AvgIpc) is 2.40. The van der Waals surface area contributed by atoms with Gasteiger partial charge in [-0.1, -0.05) is 6.07 Å². The van der Waals surface area contributed by atoms with Crippen molar-refractivity contribution in [3.05, 3.63) is 29.3 Å². The van der Waals surface area contributed by atoms with Gasteiger partial charge in [-0.3, -0.25) is 4.79 Å². The number of amides is 1. The van der Waals surface area contributed by atoms with Gasteiger partial charge in [0.2, 0.25) is 0 Å². The van der Waals surface area contributed by atoms with Crippen LogP contribution in [0.2, 0.25) is 0 Å². The molecular formula is C13H17NO4S2. The molecule has 1 atom stereocenters. The zero-order valence-corrected chi connectivity index (χ0v) is 13.0. The maximum Gasteiger partial charge on any atom is 0.255 e. The summed E-state index contributed by atoms with van der Waals surface area (Å²) in [5, 5.41) is 8.88. The molecule has 0 spiro atoms. The third-order valence-electron chi connectivity index (χ3n) is 3.38. The lowest BCUT2D eigenvalue weighted by atomic mass is 10.1. The Morgan fingerprint density at radius 1 is 1.45 bits per heavy atom. The first kappa shape index (κ1) is 15.2. The van der Waals surface area contributed by atoms with Crippen LogP contribution in [0.1, 0.15) is 15.9 Å². The molecule has 7 heteroatoms. The van der Waals surface area contributed by atoms with Gasteiger partial charge in [0.1, 0.15) is 11.1 Å². The minimum Gasteiger partial charge on any atom is -0.508 e. The zero-order valence-electron chi connectivity index (χ0n) is 11.4. The predicted octanol–water partition coefficient (Wildman–Crippen LogP) is 1.26. The van der Waals surface area contributed by atoms with E-state index in [1.165, 1.54) is 22.7 Å². The van der Waals surface area contributed by atoms with Gasteiger partial charge in [0.05, 0.1) is 0 Å². The van der Waals surface area contributed by atoms with Crippen LogP contribution in [0.15, 0.2) is 18.2 Å². The van der Waals surface area contributed by atoms with E-state index < -0.39 is 15.2 Å². The number of benzene rings is 1. The van der Waals surface area contributed by atoms with E-state index in [4.69, 9.17) is 0 Å². The highest BCUT2D eigenvalue weighted by Gasteiger charge is 2.35. The van der Waals surface area contributed by atoms with Crippen LogP contribution in [0.25, 0.3) is 0 Å². The standard InChI is InChI=1S/C13H17NO4S2/c1-9-10(4-3-5-11(9)15)13(16)14-6-7-19-8-12(14)20(2,17)18/h3-5,12,15H,6-8H2,1-2H3. The third kappa shape index (κ3) is 2.93. The Kier molecular flexibility index (Phi) is 4.29. The van der Waals surface area contributed by atoms with E-state index in [-0.39, 0.29) is 11.7 Å². The van der Waals surface area contributed by atoms with E-state index in [2.05, 4.69) is 0 Å². The molecule has 1 amide bonds. The molecule has 1 aliphatic rings. The summed E-state index contributed by atoms with van der Waals surface area (Å²) < 4.78 is 23.7. The van der Waals surface area contributed by atoms with E-state index in [9.17, 15) is 18.3 Å². The van der Waals surface area contributed by atoms with Crippen LogP contribution >= 0.6 is 11.8 Å². The molecular weight excluding hydrogens is 298 g/mol. The summed E-state index contributed by atoms with van der Waals surface area (Å²) in [5.74, 6) is 0.810. The minimum atomic E-state index is -3.33. The van der Waals surface area contributed by atoms with Crippen molar-refractivity contribution in [2.24, 2.45) is 0 Å². The molecule has 0 bridgehead atoms. The number of phenols is 1. The smallest absolute Gasteiger partial charge is 0.255 e. The predicted molar refractivity (Wildman–Crippen MR) is 79.8 cm³/mol. The van der Waals surface area contributed by atoms with E-state index in [0.717, 1.165) is 12.0 Å². The molecule has 0 saturated carbocycles. The number of carbonyl (C=O) groups is 1. The molecule has 1 saturated heterocycles. The fourth-order valence-electron chi connectivity index (χ4n) is 2.18. The van der Waals surface area contributed by atoms with Crippen molar-refractivity contribution >= 4 is 27.5 Å². The van der Waals surface area contributed by atoms with Gasteiger partial charge in [0.25, 0.3) is 5.91 Å². The van der Waals surface area contributed by atoms with Gasteiger partial charge in [-0.05, 0) is 19.1 Å². The van der Waals surface area contributed by atoms with Crippen molar-refractivity contribution in [3.8, 4) is 5.75 Å². The topological polar surface area (TPSA) is 74.7 Å². The van der Waals surface area contributed by atoms with Gasteiger partial charge >= 0.3 is 0 Å². The molecule has 1 aliphatic heterocycles. The zero-order chi connectivity index (χ0) is 14.9. The molecule has 0 aliphatic carbocycles. The Hall–Kier alpha value is -1.21. The normalized spacial score (nSPS) is 19.9. The van der Waals surface area contributed by atoms with Gasteiger partial charge in [0, 0.05) is 35.4 Å². The average molecular weight is 315 g/mol. The van der Waals surface area contributed by atoms with Crippen LogP contribution in [-0.2, 0) is 9.84 Å². The van der Waals surface area contributed by atoms with Crippen molar-refractivity contribution in [3.63, 3.8) is 0 Å². The van der Waals surface area contributed by atoms with Gasteiger partial charge in [-0.2, -0.15) is 11.8 Å². The van der Waals surface area contributed by atoms with Crippen LogP contribution < -0.4 is 0 Å². The summed E-state index contributed by atoms with van der Waals surface area (Å²) in [5.41, 5.74) is 0.827. The fourth-order valence-corrected chi connectivity index (χ4v) is 4.99. The van der Waals surface area contributed by atoms with E-state index in [0.29, 0.717) is 23.4 Å². The van der Waals surface area contributed by atoms with Crippen LogP contribution in [0.3, 0.4) is 0 Å². The number of thioether (sulfide) groups is 1. The summed E-state index contributed by atoms with van der Waals surface area (Å²) in [6.07, 6.45) is 1.15. The second kappa shape index (κ2) is 5.65. The Morgan fingerprint density at radius 2 is 2.15 bits per heavy atom. The highest BCUT2D eigenvalue weighted by molar-refractivity contribution is 8.00. The molecule has 0 radical (unpaired) electrons. The summed E-state index contributed by atoms with van der Waals surface area (Å²) in [4.78, 5) is 14.0. The number of nitrogens with zero attached hydrogens (tertiary/aromatic N) is 1.